The summed E-state index contributed by atoms with van der Waals surface area (Å²) in [5.41, 5.74) is 1.96. The van der Waals surface area contributed by atoms with E-state index < -0.39 is 0 Å². The van der Waals surface area contributed by atoms with Crippen molar-refractivity contribution in [3.63, 3.8) is 0 Å². The van der Waals surface area contributed by atoms with Crippen LogP contribution in [-0.4, -0.2) is 13.2 Å². The van der Waals surface area contributed by atoms with Crippen LogP contribution in [0.25, 0.3) is 0 Å². The van der Waals surface area contributed by atoms with Crippen LogP contribution in [0.5, 0.6) is 5.75 Å². The van der Waals surface area contributed by atoms with Gasteiger partial charge in [0.25, 0.3) is 0 Å². The van der Waals surface area contributed by atoms with Crippen LogP contribution >= 0.6 is 0 Å². The molecule has 0 fully saturated rings. The molecule has 21 heavy (non-hydrogen) atoms. The normalized spacial score (nSPS) is 20.7. The molecule has 0 saturated carbocycles. The summed E-state index contributed by atoms with van der Waals surface area (Å²) in [6, 6.07) is 15.4. The van der Waals surface area contributed by atoms with E-state index in [0.717, 1.165) is 17.9 Å². The van der Waals surface area contributed by atoms with Gasteiger partial charge in [0.2, 0.25) is 0 Å². The molecule has 0 aliphatic carbocycles. The molecule has 0 saturated heterocycles. The van der Waals surface area contributed by atoms with Crippen LogP contribution in [0.2, 0.25) is 0 Å². The second kappa shape index (κ2) is 6.27. The molecule has 1 heterocycles. The third kappa shape index (κ3) is 3.08. The lowest BCUT2D eigenvalue weighted by atomic mass is 9.92. The van der Waals surface area contributed by atoms with Gasteiger partial charge < -0.3 is 10.1 Å². The summed E-state index contributed by atoms with van der Waals surface area (Å²) in [4.78, 5) is 0. The number of hydrogen-bond acceptors (Lipinski definition) is 2. The number of hydrogen-bond donors (Lipinski definition) is 1. The molecule has 2 aromatic rings. The quantitative estimate of drug-likeness (QED) is 0.924. The molecule has 110 valence electrons. The maximum absolute atomic E-state index is 13.6. The number of nitrogens with one attached hydrogen (secondary N) is 1. The van der Waals surface area contributed by atoms with Gasteiger partial charge in [-0.05, 0) is 30.7 Å². The fraction of sp³-hybridized carbons (Fsp3) is 0.333. The van der Waals surface area contributed by atoms with E-state index in [1.165, 1.54) is 11.6 Å². The Labute approximate surface area is 125 Å². The van der Waals surface area contributed by atoms with Crippen molar-refractivity contribution in [1.29, 1.82) is 0 Å². The standard InChI is InChI=1S/C18H20FNO/c1-13-12-21-17-9-5-3-7-15(17)18(13)20-11-10-14-6-2-4-8-16(14)19/h2-9,13,18,20H,10-12H2,1H3. The predicted octanol–water partition coefficient (Wildman–Crippen LogP) is 3.73. The second-order valence-corrected chi connectivity index (χ2v) is 5.60. The third-order valence-corrected chi connectivity index (χ3v) is 4.04. The van der Waals surface area contributed by atoms with Crippen LogP contribution in [0.15, 0.2) is 48.5 Å². The first-order valence-corrected chi connectivity index (χ1v) is 7.44. The van der Waals surface area contributed by atoms with Crippen LogP contribution < -0.4 is 10.1 Å². The highest BCUT2D eigenvalue weighted by Crippen LogP contribution is 2.34. The Hall–Kier alpha value is -1.87. The Bertz CT molecular complexity index is 614. The molecule has 1 N–H and O–H groups in total. The van der Waals surface area contributed by atoms with Crippen LogP contribution in [0.1, 0.15) is 24.1 Å². The van der Waals surface area contributed by atoms with Crippen molar-refractivity contribution >= 4 is 0 Å². The maximum Gasteiger partial charge on any atom is 0.126 e. The van der Waals surface area contributed by atoms with Crippen molar-refractivity contribution in [2.75, 3.05) is 13.2 Å². The zero-order chi connectivity index (χ0) is 14.7. The Morgan fingerprint density at radius 1 is 1.14 bits per heavy atom. The van der Waals surface area contributed by atoms with E-state index in [1.807, 2.05) is 30.3 Å². The van der Waals surface area contributed by atoms with Gasteiger partial charge in [-0.3, -0.25) is 0 Å². The van der Waals surface area contributed by atoms with Gasteiger partial charge in [0, 0.05) is 17.5 Å². The van der Waals surface area contributed by atoms with E-state index in [9.17, 15) is 4.39 Å². The summed E-state index contributed by atoms with van der Waals surface area (Å²) < 4.78 is 19.4. The second-order valence-electron chi connectivity index (χ2n) is 5.60. The molecule has 0 radical (unpaired) electrons. The SMILES string of the molecule is CC1COc2ccccc2C1NCCc1ccccc1F. The average Bonchev–Trinajstić information content (AvgIpc) is 2.51. The van der Waals surface area contributed by atoms with Crippen molar-refractivity contribution in [3.05, 3.63) is 65.5 Å². The maximum atomic E-state index is 13.6. The summed E-state index contributed by atoms with van der Waals surface area (Å²) in [7, 11) is 0. The molecular weight excluding hydrogens is 265 g/mol. The summed E-state index contributed by atoms with van der Waals surface area (Å²) in [5, 5.41) is 3.56. The monoisotopic (exact) mass is 285 g/mol. The third-order valence-electron chi connectivity index (χ3n) is 4.04. The lowest BCUT2D eigenvalue weighted by Crippen LogP contribution is -2.35. The number of fused-ring (bicyclic) bond motifs is 1. The molecule has 1 aliphatic heterocycles. The molecule has 0 bridgehead atoms. The zero-order valence-corrected chi connectivity index (χ0v) is 12.2. The molecular formula is C18H20FNO. The largest absolute Gasteiger partial charge is 0.493 e. The van der Waals surface area contributed by atoms with E-state index in [1.54, 1.807) is 6.07 Å². The zero-order valence-electron chi connectivity index (χ0n) is 12.2. The van der Waals surface area contributed by atoms with E-state index in [4.69, 9.17) is 4.74 Å². The average molecular weight is 285 g/mol. The lowest BCUT2D eigenvalue weighted by molar-refractivity contribution is 0.189. The van der Waals surface area contributed by atoms with E-state index >= 15 is 0 Å². The molecule has 2 atom stereocenters. The minimum atomic E-state index is -0.125. The van der Waals surface area contributed by atoms with Gasteiger partial charge >= 0.3 is 0 Å². The van der Waals surface area contributed by atoms with Gasteiger partial charge in [-0.25, -0.2) is 4.39 Å². The van der Waals surface area contributed by atoms with Gasteiger partial charge in [-0.2, -0.15) is 0 Å². The first-order chi connectivity index (χ1) is 10.3. The highest BCUT2D eigenvalue weighted by atomic mass is 19.1. The number of ether oxygens (including phenoxy) is 1. The van der Waals surface area contributed by atoms with E-state index in [-0.39, 0.29) is 11.9 Å². The van der Waals surface area contributed by atoms with E-state index in [2.05, 4.69) is 18.3 Å². The van der Waals surface area contributed by atoms with Crippen molar-refractivity contribution < 1.29 is 9.13 Å². The van der Waals surface area contributed by atoms with Gasteiger partial charge in [0.05, 0.1) is 6.61 Å². The van der Waals surface area contributed by atoms with Crippen LogP contribution in [-0.2, 0) is 6.42 Å². The topological polar surface area (TPSA) is 21.3 Å². The number of para-hydroxylation sites is 1. The fourth-order valence-corrected chi connectivity index (χ4v) is 2.87. The molecule has 1 aliphatic rings. The van der Waals surface area contributed by atoms with Crippen LogP contribution in [0, 0.1) is 11.7 Å². The minimum absolute atomic E-state index is 0.125. The van der Waals surface area contributed by atoms with Crippen molar-refractivity contribution in [3.8, 4) is 5.75 Å². The van der Waals surface area contributed by atoms with Crippen molar-refractivity contribution in [2.45, 2.75) is 19.4 Å². The Morgan fingerprint density at radius 3 is 2.76 bits per heavy atom. The molecule has 0 amide bonds. The smallest absolute Gasteiger partial charge is 0.126 e. The van der Waals surface area contributed by atoms with Gasteiger partial charge in [0.15, 0.2) is 0 Å². The van der Waals surface area contributed by atoms with Crippen molar-refractivity contribution in [2.24, 2.45) is 5.92 Å². The first-order valence-electron chi connectivity index (χ1n) is 7.44. The van der Waals surface area contributed by atoms with Crippen LogP contribution in [0.4, 0.5) is 4.39 Å². The van der Waals surface area contributed by atoms with Gasteiger partial charge in [-0.15, -0.1) is 0 Å². The molecule has 2 unspecified atom stereocenters. The minimum Gasteiger partial charge on any atom is -0.493 e. The summed E-state index contributed by atoms with van der Waals surface area (Å²) >= 11 is 0. The van der Waals surface area contributed by atoms with Crippen LogP contribution in [0.3, 0.4) is 0 Å². The van der Waals surface area contributed by atoms with E-state index in [0.29, 0.717) is 18.9 Å². The summed E-state index contributed by atoms with van der Waals surface area (Å²) in [6.45, 7) is 3.65. The Morgan fingerprint density at radius 2 is 1.90 bits per heavy atom. The Kier molecular flexibility index (Phi) is 4.20. The highest BCUT2D eigenvalue weighted by Gasteiger charge is 2.26. The fourth-order valence-electron chi connectivity index (χ4n) is 2.87. The lowest BCUT2D eigenvalue weighted by Gasteiger charge is -2.32. The first kappa shape index (κ1) is 14.1. The summed E-state index contributed by atoms with van der Waals surface area (Å²) in [5.74, 6) is 1.24. The van der Waals surface area contributed by atoms with Crippen molar-refractivity contribution in [1.82, 2.24) is 5.32 Å². The van der Waals surface area contributed by atoms with Gasteiger partial charge in [0.1, 0.15) is 11.6 Å². The molecule has 0 spiro atoms. The Balaban J connectivity index is 1.66. The number of rotatable bonds is 4. The summed E-state index contributed by atoms with van der Waals surface area (Å²) in [6.07, 6.45) is 0.693. The van der Waals surface area contributed by atoms with Gasteiger partial charge in [-0.1, -0.05) is 43.3 Å². The molecule has 3 rings (SSSR count). The highest BCUT2D eigenvalue weighted by molar-refractivity contribution is 5.38. The molecule has 0 aromatic heterocycles. The molecule has 3 heteroatoms. The predicted molar refractivity (Wildman–Crippen MR) is 81.9 cm³/mol. The molecule has 2 aromatic carbocycles. The number of benzene rings is 2. The number of halogens is 1. The molecule has 2 nitrogen and oxygen atoms in total.